The molecule has 0 aliphatic carbocycles. The van der Waals surface area contributed by atoms with Crippen LogP contribution in [-0.4, -0.2) is 18.7 Å². The summed E-state index contributed by atoms with van der Waals surface area (Å²) in [4.78, 5) is 11.5. The Morgan fingerprint density at radius 2 is 2.06 bits per heavy atom. The van der Waals surface area contributed by atoms with E-state index in [9.17, 15) is 4.79 Å². The topological polar surface area (TPSA) is 35.5 Å². The molecule has 0 spiro atoms. The molecule has 18 heavy (non-hydrogen) atoms. The molecule has 1 aromatic carbocycles. The lowest BCUT2D eigenvalue weighted by Gasteiger charge is -2.08. The van der Waals surface area contributed by atoms with Gasteiger partial charge in [-0.15, -0.1) is 0 Å². The van der Waals surface area contributed by atoms with Gasteiger partial charge in [-0.25, -0.2) is 4.79 Å². The minimum absolute atomic E-state index is 0.0516. The van der Waals surface area contributed by atoms with Crippen molar-refractivity contribution in [2.45, 2.75) is 33.3 Å². The molecule has 3 nitrogen and oxygen atoms in total. The quantitative estimate of drug-likeness (QED) is 0.571. The van der Waals surface area contributed by atoms with E-state index < -0.39 is 0 Å². The predicted octanol–water partition coefficient (Wildman–Crippen LogP) is 3.44. The number of rotatable bonds is 6. The van der Waals surface area contributed by atoms with Crippen molar-refractivity contribution in [1.29, 1.82) is 0 Å². The van der Waals surface area contributed by atoms with Crippen LogP contribution in [0, 0.1) is 0 Å². The van der Waals surface area contributed by atoms with Crippen LogP contribution in [0.1, 0.15) is 32.8 Å². The molecule has 1 atom stereocenters. The molecule has 0 aliphatic rings. The van der Waals surface area contributed by atoms with Crippen molar-refractivity contribution >= 4 is 12.0 Å². The van der Waals surface area contributed by atoms with Gasteiger partial charge in [0.25, 0.3) is 0 Å². The summed E-state index contributed by atoms with van der Waals surface area (Å²) in [5, 5.41) is 0. The number of carbonyl (C=O) groups excluding carboxylic acids is 1. The first-order valence-electron chi connectivity index (χ1n) is 6.27. The molecule has 0 heterocycles. The molecule has 0 aromatic heterocycles. The zero-order valence-electron chi connectivity index (χ0n) is 11.2. The van der Waals surface area contributed by atoms with E-state index in [1.165, 1.54) is 6.08 Å². The van der Waals surface area contributed by atoms with Crippen molar-refractivity contribution in [3.63, 3.8) is 0 Å². The average Bonchev–Trinajstić information content (AvgIpc) is 2.38. The molecule has 1 unspecified atom stereocenters. The Labute approximate surface area is 108 Å². The SMILES string of the molecule is CCOc1ccccc1C=CC(=O)OC(C)CC. The molecule has 3 heteroatoms. The highest BCUT2D eigenvalue weighted by molar-refractivity contribution is 5.87. The number of esters is 1. The second kappa shape index (κ2) is 7.54. The summed E-state index contributed by atoms with van der Waals surface area (Å²) in [6.45, 7) is 6.38. The van der Waals surface area contributed by atoms with E-state index in [0.29, 0.717) is 6.61 Å². The van der Waals surface area contributed by atoms with Gasteiger partial charge in [0.05, 0.1) is 12.7 Å². The maximum atomic E-state index is 11.5. The summed E-state index contributed by atoms with van der Waals surface area (Å²) < 4.78 is 10.6. The van der Waals surface area contributed by atoms with Gasteiger partial charge in [-0.2, -0.15) is 0 Å². The maximum absolute atomic E-state index is 11.5. The van der Waals surface area contributed by atoms with Crippen molar-refractivity contribution < 1.29 is 14.3 Å². The summed E-state index contributed by atoms with van der Waals surface area (Å²) in [5.41, 5.74) is 0.875. The molecule has 0 saturated heterocycles. The molecule has 0 fully saturated rings. The lowest BCUT2D eigenvalue weighted by molar-refractivity contribution is -0.142. The first-order chi connectivity index (χ1) is 8.67. The molecule has 0 bridgehead atoms. The predicted molar refractivity (Wildman–Crippen MR) is 72.5 cm³/mol. The molecule has 0 aliphatic heterocycles. The van der Waals surface area contributed by atoms with Crippen LogP contribution < -0.4 is 4.74 Å². The minimum Gasteiger partial charge on any atom is -0.493 e. The fraction of sp³-hybridized carbons (Fsp3) is 0.400. The molecular weight excluding hydrogens is 228 g/mol. The van der Waals surface area contributed by atoms with Gasteiger partial charge >= 0.3 is 5.97 Å². The summed E-state index contributed by atoms with van der Waals surface area (Å²) in [5.74, 6) is 0.447. The van der Waals surface area contributed by atoms with Crippen LogP contribution in [0.25, 0.3) is 6.08 Å². The molecule has 0 N–H and O–H groups in total. The first-order valence-corrected chi connectivity index (χ1v) is 6.27. The normalized spacial score (nSPS) is 12.4. The Morgan fingerprint density at radius 3 is 2.72 bits per heavy atom. The van der Waals surface area contributed by atoms with Crippen molar-refractivity contribution in [1.82, 2.24) is 0 Å². The van der Waals surface area contributed by atoms with Crippen LogP contribution in [0.5, 0.6) is 5.75 Å². The highest BCUT2D eigenvalue weighted by Crippen LogP contribution is 2.19. The summed E-state index contributed by atoms with van der Waals surface area (Å²) >= 11 is 0. The van der Waals surface area contributed by atoms with Gasteiger partial charge in [0, 0.05) is 11.6 Å². The molecule has 1 rings (SSSR count). The lowest BCUT2D eigenvalue weighted by atomic mass is 10.2. The third-order valence-electron chi connectivity index (χ3n) is 2.51. The van der Waals surface area contributed by atoms with E-state index in [4.69, 9.17) is 9.47 Å². The lowest BCUT2D eigenvalue weighted by Crippen LogP contribution is -2.11. The van der Waals surface area contributed by atoms with E-state index in [1.54, 1.807) is 6.08 Å². The molecule has 0 radical (unpaired) electrons. The third kappa shape index (κ3) is 4.62. The van der Waals surface area contributed by atoms with Crippen LogP contribution in [0.2, 0.25) is 0 Å². The van der Waals surface area contributed by atoms with Gasteiger partial charge in [0.2, 0.25) is 0 Å². The zero-order chi connectivity index (χ0) is 13.4. The van der Waals surface area contributed by atoms with Gasteiger partial charge in [-0.05, 0) is 32.4 Å². The van der Waals surface area contributed by atoms with E-state index in [-0.39, 0.29) is 12.1 Å². The van der Waals surface area contributed by atoms with E-state index in [1.807, 2.05) is 45.0 Å². The fourth-order valence-corrected chi connectivity index (χ4v) is 1.38. The molecule has 0 amide bonds. The average molecular weight is 248 g/mol. The Morgan fingerprint density at radius 1 is 1.33 bits per heavy atom. The largest absolute Gasteiger partial charge is 0.493 e. The molecule has 0 saturated carbocycles. The number of hydrogen-bond donors (Lipinski definition) is 0. The maximum Gasteiger partial charge on any atom is 0.331 e. The summed E-state index contributed by atoms with van der Waals surface area (Å²) in [6, 6.07) is 7.59. The smallest absolute Gasteiger partial charge is 0.331 e. The van der Waals surface area contributed by atoms with Gasteiger partial charge in [-0.3, -0.25) is 0 Å². The Hall–Kier alpha value is -1.77. The van der Waals surface area contributed by atoms with Gasteiger partial charge in [-0.1, -0.05) is 25.1 Å². The van der Waals surface area contributed by atoms with Crippen LogP contribution in [0.3, 0.4) is 0 Å². The van der Waals surface area contributed by atoms with E-state index in [0.717, 1.165) is 17.7 Å². The highest BCUT2D eigenvalue weighted by atomic mass is 16.5. The Bertz CT molecular complexity index is 410. The van der Waals surface area contributed by atoms with Crippen molar-refractivity contribution in [2.75, 3.05) is 6.61 Å². The van der Waals surface area contributed by atoms with E-state index in [2.05, 4.69) is 0 Å². The standard InChI is InChI=1S/C15H20O3/c1-4-12(3)18-15(16)11-10-13-8-6-7-9-14(13)17-5-2/h6-12H,4-5H2,1-3H3. The Balaban J connectivity index is 2.68. The van der Waals surface area contributed by atoms with Crippen LogP contribution in [0.15, 0.2) is 30.3 Å². The minimum atomic E-state index is -0.323. The Kier molecular flexibility index (Phi) is 5.98. The van der Waals surface area contributed by atoms with Crippen molar-refractivity contribution in [3.8, 4) is 5.75 Å². The zero-order valence-corrected chi connectivity index (χ0v) is 11.2. The molecule has 1 aromatic rings. The number of para-hydroxylation sites is 1. The number of benzene rings is 1. The van der Waals surface area contributed by atoms with Crippen molar-refractivity contribution in [3.05, 3.63) is 35.9 Å². The van der Waals surface area contributed by atoms with Gasteiger partial charge in [0.1, 0.15) is 5.75 Å². The first kappa shape index (κ1) is 14.3. The van der Waals surface area contributed by atoms with Crippen LogP contribution in [-0.2, 0) is 9.53 Å². The van der Waals surface area contributed by atoms with Crippen LogP contribution in [0.4, 0.5) is 0 Å². The number of hydrogen-bond acceptors (Lipinski definition) is 3. The van der Waals surface area contributed by atoms with Gasteiger partial charge in [0.15, 0.2) is 0 Å². The second-order valence-electron chi connectivity index (χ2n) is 3.96. The molecular formula is C15H20O3. The summed E-state index contributed by atoms with van der Waals surface area (Å²) in [6.07, 6.45) is 3.92. The van der Waals surface area contributed by atoms with E-state index >= 15 is 0 Å². The highest BCUT2D eigenvalue weighted by Gasteiger charge is 2.04. The van der Waals surface area contributed by atoms with Crippen molar-refractivity contribution in [2.24, 2.45) is 0 Å². The van der Waals surface area contributed by atoms with Crippen LogP contribution >= 0.6 is 0 Å². The third-order valence-corrected chi connectivity index (χ3v) is 2.51. The monoisotopic (exact) mass is 248 g/mol. The second-order valence-corrected chi connectivity index (χ2v) is 3.96. The number of ether oxygens (including phenoxy) is 2. The molecule has 98 valence electrons. The fourth-order valence-electron chi connectivity index (χ4n) is 1.38. The number of carbonyl (C=O) groups is 1. The summed E-state index contributed by atoms with van der Waals surface area (Å²) in [7, 11) is 0. The van der Waals surface area contributed by atoms with Gasteiger partial charge < -0.3 is 9.47 Å².